The molecule has 0 spiro atoms. The predicted octanol–water partition coefficient (Wildman–Crippen LogP) is 2.07. The van der Waals surface area contributed by atoms with E-state index in [0.29, 0.717) is 30.5 Å². The van der Waals surface area contributed by atoms with E-state index in [-0.39, 0.29) is 29.7 Å². The normalized spacial score (nSPS) is 10.7. The van der Waals surface area contributed by atoms with Gasteiger partial charge in [-0.2, -0.15) is 0 Å². The minimum absolute atomic E-state index is 0. The standard InChI is InChI=1S/C17H22N4O3.HI/c1-23-14-9-12(10-15(24-2)16(14)22)11-21-17(18)20-8-6-13-5-3-4-7-19-13;/h3-5,7,9-10,22H,6,8,11H2,1-2H3,(H3,18,20,21);1H. The molecule has 7 nitrogen and oxygen atoms in total. The number of nitrogens with one attached hydrogen (secondary N) is 1. The third-order valence-corrected chi connectivity index (χ3v) is 3.38. The van der Waals surface area contributed by atoms with E-state index in [1.807, 2.05) is 18.2 Å². The molecule has 0 unspecified atom stereocenters. The van der Waals surface area contributed by atoms with E-state index in [0.717, 1.165) is 17.7 Å². The van der Waals surface area contributed by atoms with Crippen LogP contribution in [0.5, 0.6) is 17.2 Å². The summed E-state index contributed by atoms with van der Waals surface area (Å²) in [4.78, 5) is 8.52. The molecule has 1 heterocycles. The number of pyridine rings is 1. The first-order valence-electron chi connectivity index (χ1n) is 7.51. The SMILES string of the molecule is COc1cc(CN=C(N)NCCc2ccccn2)cc(OC)c1O.I. The van der Waals surface area contributed by atoms with E-state index in [4.69, 9.17) is 15.2 Å². The van der Waals surface area contributed by atoms with Crippen molar-refractivity contribution in [3.05, 3.63) is 47.8 Å². The van der Waals surface area contributed by atoms with Gasteiger partial charge in [0.25, 0.3) is 0 Å². The van der Waals surface area contributed by atoms with Crippen LogP contribution < -0.4 is 20.5 Å². The molecule has 1 aromatic heterocycles. The van der Waals surface area contributed by atoms with Crippen LogP contribution in [0.1, 0.15) is 11.3 Å². The fourth-order valence-electron chi connectivity index (χ4n) is 2.14. The number of hydrogen-bond donors (Lipinski definition) is 3. The van der Waals surface area contributed by atoms with Crippen LogP contribution in [-0.4, -0.2) is 36.8 Å². The first-order chi connectivity index (χ1) is 11.6. The molecule has 8 heteroatoms. The molecule has 0 atom stereocenters. The maximum absolute atomic E-state index is 9.89. The Kier molecular flexibility index (Phi) is 8.82. The third kappa shape index (κ3) is 6.29. The van der Waals surface area contributed by atoms with Crippen LogP contribution in [0.4, 0.5) is 0 Å². The summed E-state index contributed by atoms with van der Waals surface area (Å²) in [5.74, 6) is 0.980. The Morgan fingerprint density at radius 2 is 1.92 bits per heavy atom. The average Bonchev–Trinajstić information content (AvgIpc) is 2.61. The Morgan fingerprint density at radius 1 is 1.24 bits per heavy atom. The number of phenolic OH excluding ortho intramolecular Hbond substituents is 1. The van der Waals surface area contributed by atoms with Gasteiger partial charge in [0.2, 0.25) is 5.75 Å². The van der Waals surface area contributed by atoms with Crippen LogP contribution in [0, 0.1) is 0 Å². The highest BCUT2D eigenvalue weighted by molar-refractivity contribution is 14.0. The Bertz CT molecular complexity index is 671. The molecule has 4 N–H and O–H groups in total. The van der Waals surface area contributed by atoms with E-state index < -0.39 is 0 Å². The molecular weight excluding hydrogens is 435 g/mol. The molecule has 0 radical (unpaired) electrons. The van der Waals surface area contributed by atoms with Gasteiger partial charge in [-0.15, -0.1) is 24.0 Å². The van der Waals surface area contributed by atoms with Gasteiger partial charge in [-0.05, 0) is 29.8 Å². The lowest BCUT2D eigenvalue weighted by molar-refractivity contribution is 0.339. The highest BCUT2D eigenvalue weighted by Crippen LogP contribution is 2.37. The zero-order valence-corrected chi connectivity index (χ0v) is 16.6. The van der Waals surface area contributed by atoms with E-state index >= 15 is 0 Å². The summed E-state index contributed by atoms with van der Waals surface area (Å²) in [7, 11) is 2.96. The molecular formula is C17H23IN4O3. The summed E-state index contributed by atoms with van der Waals surface area (Å²) in [6.45, 7) is 0.990. The summed E-state index contributed by atoms with van der Waals surface area (Å²) in [5, 5.41) is 12.9. The second-order valence-electron chi connectivity index (χ2n) is 5.05. The van der Waals surface area contributed by atoms with Crippen LogP contribution in [0.15, 0.2) is 41.5 Å². The third-order valence-electron chi connectivity index (χ3n) is 3.38. The van der Waals surface area contributed by atoms with Gasteiger partial charge >= 0.3 is 0 Å². The summed E-state index contributed by atoms with van der Waals surface area (Å²) in [5.41, 5.74) is 7.67. The van der Waals surface area contributed by atoms with Crippen molar-refractivity contribution in [3.8, 4) is 17.2 Å². The number of phenols is 1. The molecule has 2 rings (SSSR count). The number of nitrogens with zero attached hydrogens (tertiary/aromatic N) is 2. The molecule has 0 fully saturated rings. The van der Waals surface area contributed by atoms with Crippen LogP contribution in [0.2, 0.25) is 0 Å². The van der Waals surface area contributed by atoms with Crippen LogP contribution in [-0.2, 0) is 13.0 Å². The lowest BCUT2D eigenvalue weighted by atomic mass is 10.2. The molecule has 25 heavy (non-hydrogen) atoms. The molecule has 0 saturated carbocycles. The molecule has 136 valence electrons. The minimum atomic E-state index is -0.0332. The van der Waals surface area contributed by atoms with Gasteiger partial charge in [0.1, 0.15) is 0 Å². The summed E-state index contributed by atoms with van der Waals surface area (Å²) < 4.78 is 10.2. The van der Waals surface area contributed by atoms with Crippen molar-refractivity contribution in [3.63, 3.8) is 0 Å². The van der Waals surface area contributed by atoms with Gasteiger partial charge in [0, 0.05) is 24.9 Å². The van der Waals surface area contributed by atoms with Crippen molar-refractivity contribution in [1.29, 1.82) is 0 Å². The molecule has 0 saturated heterocycles. The molecule has 0 aliphatic rings. The van der Waals surface area contributed by atoms with Gasteiger partial charge in [-0.1, -0.05) is 6.07 Å². The molecule has 0 amide bonds. The average molecular weight is 458 g/mol. The highest BCUT2D eigenvalue weighted by Gasteiger charge is 2.10. The molecule has 0 bridgehead atoms. The summed E-state index contributed by atoms with van der Waals surface area (Å²) >= 11 is 0. The zero-order chi connectivity index (χ0) is 17.4. The summed E-state index contributed by atoms with van der Waals surface area (Å²) in [6, 6.07) is 9.19. The van der Waals surface area contributed by atoms with Crippen molar-refractivity contribution in [2.75, 3.05) is 20.8 Å². The van der Waals surface area contributed by atoms with E-state index in [1.165, 1.54) is 14.2 Å². The van der Waals surface area contributed by atoms with Gasteiger partial charge in [0.05, 0.1) is 20.8 Å². The zero-order valence-electron chi connectivity index (χ0n) is 14.2. The molecule has 0 aliphatic carbocycles. The number of aromatic nitrogens is 1. The number of guanidine groups is 1. The topological polar surface area (TPSA) is 102 Å². The second kappa shape index (κ2) is 10.6. The Labute approximate surface area is 164 Å². The molecule has 2 aromatic rings. The van der Waals surface area contributed by atoms with Crippen molar-refractivity contribution >= 4 is 29.9 Å². The lowest BCUT2D eigenvalue weighted by Gasteiger charge is -2.10. The Morgan fingerprint density at radius 3 is 2.48 bits per heavy atom. The first kappa shape index (κ1) is 20.8. The Hall–Kier alpha value is -2.23. The number of hydrogen-bond acceptors (Lipinski definition) is 5. The van der Waals surface area contributed by atoms with E-state index in [2.05, 4.69) is 15.3 Å². The van der Waals surface area contributed by atoms with Gasteiger partial charge < -0.3 is 25.6 Å². The van der Waals surface area contributed by atoms with Crippen molar-refractivity contribution in [2.24, 2.45) is 10.7 Å². The fraction of sp³-hybridized carbons (Fsp3) is 0.294. The fourth-order valence-corrected chi connectivity index (χ4v) is 2.14. The second-order valence-corrected chi connectivity index (χ2v) is 5.05. The van der Waals surface area contributed by atoms with Crippen molar-refractivity contribution in [1.82, 2.24) is 10.3 Å². The number of ether oxygens (including phenoxy) is 2. The number of benzene rings is 1. The van der Waals surface area contributed by atoms with Crippen LogP contribution in [0.25, 0.3) is 0 Å². The molecule has 0 aliphatic heterocycles. The van der Waals surface area contributed by atoms with Gasteiger partial charge in [0.15, 0.2) is 17.5 Å². The quantitative estimate of drug-likeness (QED) is 0.334. The largest absolute Gasteiger partial charge is 0.502 e. The maximum atomic E-state index is 9.89. The number of aromatic hydroxyl groups is 1. The first-order valence-corrected chi connectivity index (χ1v) is 7.51. The van der Waals surface area contributed by atoms with Gasteiger partial charge in [-0.25, -0.2) is 4.99 Å². The number of rotatable bonds is 7. The smallest absolute Gasteiger partial charge is 0.200 e. The van der Waals surface area contributed by atoms with E-state index in [1.54, 1.807) is 18.3 Å². The Balaban J connectivity index is 0.00000312. The number of halogens is 1. The van der Waals surface area contributed by atoms with Crippen molar-refractivity contribution in [2.45, 2.75) is 13.0 Å². The van der Waals surface area contributed by atoms with Crippen LogP contribution in [0.3, 0.4) is 0 Å². The summed E-state index contributed by atoms with van der Waals surface area (Å²) in [6.07, 6.45) is 2.52. The van der Waals surface area contributed by atoms with E-state index in [9.17, 15) is 5.11 Å². The van der Waals surface area contributed by atoms with Crippen LogP contribution >= 0.6 is 24.0 Å². The lowest BCUT2D eigenvalue weighted by Crippen LogP contribution is -2.33. The number of aliphatic imine (C=N–C) groups is 1. The van der Waals surface area contributed by atoms with Gasteiger partial charge in [-0.3, -0.25) is 4.98 Å². The van der Waals surface area contributed by atoms with Crippen molar-refractivity contribution < 1.29 is 14.6 Å². The number of nitrogens with two attached hydrogens (primary N) is 1. The number of methoxy groups -OCH3 is 2. The monoisotopic (exact) mass is 458 g/mol. The minimum Gasteiger partial charge on any atom is -0.502 e. The molecule has 1 aromatic carbocycles. The maximum Gasteiger partial charge on any atom is 0.200 e. The highest BCUT2D eigenvalue weighted by atomic mass is 127. The predicted molar refractivity (Wildman–Crippen MR) is 108 cm³/mol.